The molecule has 134 valence electrons. The number of benzene rings is 1. The van der Waals surface area contributed by atoms with E-state index in [1.165, 1.54) is 0 Å². The number of piperidine rings is 1. The maximum absolute atomic E-state index is 11.4. The number of rotatable bonds is 5. The molecule has 2 heterocycles. The minimum Gasteiger partial charge on any atom is -0.493 e. The van der Waals surface area contributed by atoms with E-state index in [-0.39, 0.29) is 0 Å². The summed E-state index contributed by atoms with van der Waals surface area (Å²) in [6, 6.07) is 3.75. The number of hydrogen-bond donors (Lipinski definition) is 1. The molecule has 3 rings (SSSR count). The fourth-order valence-electron chi connectivity index (χ4n) is 3.40. The zero-order valence-electron chi connectivity index (χ0n) is 14.6. The number of pyridine rings is 1. The Hall–Kier alpha value is -2.70. The summed E-state index contributed by atoms with van der Waals surface area (Å²) in [5.74, 6) is 1.16. The summed E-state index contributed by atoms with van der Waals surface area (Å²) in [5.41, 5.74) is 0. The molecule has 0 spiro atoms. The van der Waals surface area contributed by atoms with Crippen molar-refractivity contribution in [1.82, 2.24) is 4.98 Å². The molecule has 1 aliphatic rings. The fraction of sp³-hybridized carbons (Fsp3) is 0.444. The molecule has 1 saturated heterocycles. The van der Waals surface area contributed by atoms with Gasteiger partial charge < -0.3 is 24.2 Å². The first-order chi connectivity index (χ1) is 12.1. The van der Waals surface area contributed by atoms with Crippen LogP contribution in [0.5, 0.6) is 17.2 Å². The first kappa shape index (κ1) is 17.1. The van der Waals surface area contributed by atoms with Crippen LogP contribution in [-0.2, 0) is 4.79 Å². The average Bonchev–Trinajstić information content (AvgIpc) is 2.65. The Bertz CT molecular complexity index is 793. The lowest BCUT2D eigenvalue weighted by molar-refractivity contribution is -0.141. The molecule has 0 radical (unpaired) electrons. The van der Waals surface area contributed by atoms with Crippen molar-refractivity contribution in [2.24, 2.45) is 5.92 Å². The summed E-state index contributed by atoms with van der Waals surface area (Å²) in [7, 11) is 4.71. The highest BCUT2D eigenvalue weighted by atomic mass is 16.5. The van der Waals surface area contributed by atoms with Crippen LogP contribution in [0.25, 0.3) is 10.8 Å². The van der Waals surface area contributed by atoms with E-state index in [0.717, 1.165) is 23.7 Å². The van der Waals surface area contributed by atoms with Crippen molar-refractivity contribution in [3.05, 3.63) is 18.3 Å². The number of aromatic nitrogens is 1. The van der Waals surface area contributed by atoms with Crippen LogP contribution >= 0.6 is 0 Å². The van der Waals surface area contributed by atoms with Crippen LogP contribution in [0.3, 0.4) is 0 Å². The molecule has 7 nitrogen and oxygen atoms in total. The molecule has 1 fully saturated rings. The average molecular weight is 346 g/mol. The Morgan fingerprint density at radius 3 is 2.64 bits per heavy atom. The van der Waals surface area contributed by atoms with E-state index >= 15 is 0 Å². The number of hydrogen-bond acceptors (Lipinski definition) is 6. The van der Waals surface area contributed by atoms with Crippen LogP contribution in [-0.4, -0.2) is 50.5 Å². The van der Waals surface area contributed by atoms with Gasteiger partial charge in [-0.1, -0.05) is 0 Å². The van der Waals surface area contributed by atoms with E-state index in [0.29, 0.717) is 36.0 Å². The highest BCUT2D eigenvalue weighted by Gasteiger charge is 2.28. The molecule has 25 heavy (non-hydrogen) atoms. The molecule has 1 aliphatic heterocycles. The maximum Gasteiger partial charge on any atom is 0.308 e. The van der Waals surface area contributed by atoms with Crippen molar-refractivity contribution in [3.63, 3.8) is 0 Å². The van der Waals surface area contributed by atoms with Gasteiger partial charge in [-0.15, -0.1) is 0 Å². The topological polar surface area (TPSA) is 81.1 Å². The first-order valence-electron chi connectivity index (χ1n) is 8.16. The fourth-order valence-corrected chi connectivity index (χ4v) is 3.40. The number of carbonyl (C=O) groups is 1. The number of aliphatic carboxylic acids is 1. The van der Waals surface area contributed by atoms with Gasteiger partial charge in [0.15, 0.2) is 11.5 Å². The van der Waals surface area contributed by atoms with Gasteiger partial charge >= 0.3 is 5.97 Å². The number of ether oxygens (including phenoxy) is 3. The van der Waals surface area contributed by atoms with Gasteiger partial charge in [-0.05, 0) is 30.4 Å². The molecule has 7 heteroatoms. The quantitative estimate of drug-likeness (QED) is 0.891. The number of anilines is 1. The summed E-state index contributed by atoms with van der Waals surface area (Å²) in [4.78, 5) is 17.9. The zero-order valence-corrected chi connectivity index (χ0v) is 14.6. The van der Waals surface area contributed by atoms with Crippen LogP contribution in [0.4, 0.5) is 5.82 Å². The SMILES string of the molecule is COc1cc2ccnc(N3CCCC(C(=O)O)C3)c2c(OC)c1OC. The summed E-state index contributed by atoms with van der Waals surface area (Å²) in [6.07, 6.45) is 3.21. The van der Waals surface area contributed by atoms with Gasteiger partial charge in [0.25, 0.3) is 0 Å². The van der Waals surface area contributed by atoms with Crippen molar-refractivity contribution in [2.45, 2.75) is 12.8 Å². The number of fused-ring (bicyclic) bond motifs is 1. The van der Waals surface area contributed by atoms with Gasteiger partial charge in [0.05, 0.1) is 32.6 Å². The monoisotopic (exact) mass is 346 g/mol. The lowest BCUT2D eigenvalue weighted by Gasteiger charge is -2.32. The van der Waals surface area contributed by atoms with Crippen LogP contribution < -0.4 is 19.1 Å². The third-order valence-electron chi connectivity index (χ3n) is 4.61. The second kappa shape index (κ2) is 7.04. The smallest absolute Gasteiger partial charge is 0.308 e. The van der Waals surface area contributed by atoms with Crippen molar-refractivity contribution >= 4 is 22.6 Å². The summed E-state index contributed by atoms with van der Waals surface area (Å²) in [6.45, 7) is 1.19. The summed E-state index contributed by atoms with van der Waals surface area (Å²) >= 11 is 0. The van der Waals surface area contributed by atoms with Crippen LogP contribution in [0, 0.1) is 5.92 Å². The molecule has 0 bridgehead atoms. The van der Waals surface area contributed by atoms with E-state index in [9.17, 15) is 9.90 Å². The van der Waals surface area contributed by atoms with E-state index in [1.807, 2.05) is 17.0 Å². The summed E-state index contributed by atoms with van der Waals surface area (Å²) < 4.78 is 16.5. The number of carboxylic acids is 1. The van der Waals surface area contributed by atoms with Crippen molar-refractivity contribution in [1.29, 1.82) is 0 Å². The molecule has 2 aromatic rings. The van der Waals surface area contributed by atoms with Gasteiger partial charge in [-0.3, -0.25) is 4.79 Å². The lowest BCUT2D eigenvalue weighted by atomic mass is 9.97. The molecule has 1 aromatic heterocycles. The van der Waals surface area contributed by atoms with Gasteiger partial charge in [-0.25, -0.2) is 4.98 Å². The van der Waals surface area contributed by atoms with Crippen LogP contribution in [0.2, 0.25) is 0 Å². The lowest BCUT2D eigenvalue weighted by Crippen LogP contribution is -2.39. The predicted octanol–water partition coefficient (Wildman–Crippen LogP) is 2.56. The molecular weight excluding hydrogens is 324 g/mol. The van der Waals surface area contributed by atoms with Crippen molar-refractivity contribution < 1.29 is 24.1 Å². The Morgan fingerprint density at radius 2 is 2.00 bits per heavy atom. The standard InChI is InChI=1S/C18H22N2O5/c1-23-13-9-11-6-7-19-17(14(11)16(25-3)15(13)24-2)20-8-4-5-12(10-20)18(21)22/h6-7,9,12H,4-5,8,10H2,1-3H3,(H,21,22). The van der Waals surface area contributed by atoms with Crippen molar-refractivity contribution in [3.8, 4) is 17.2 Å². The Kier molecular flexibility index (Phi) is 4.83. The van der Waals surface area contributed by atoms with Crippen LogP contribution in [0.15, 0.2) is 18.3 Å². The van der Waals surface area contributed by atoms with E-state index in [1.54, 1.807) is 27.5 Å². The molecular formula is C18H22N2O5. The molecule has 0 amide bonds. The van der Waals surface area contributed by atoms with Crippen LogP contribution in [0.1, 0.15) is 12.8 Å². The number of methoxy groups -OCH3 is 3. The van der Waals surface area contributed by atoms with Gasteiger partial charge in [-0.2, -0.15) is 0 Å². The second-order valence-electron chi connectivity index (χ2n) is 6.00. The largest absolute Gasteiger partial charge is 0.493 e. The normalized spacial score (nSPS) is 17.4. The zero-order chi connectivity index (χ0) is 18.0. The molecule has 0 saturated carbocycles. The summed E-state index contributed by atoms with van der Waals surface area (Å²) in [5, 5.41) is 11.1. The van der Waals surface area contributed by atoms with Crippen molar-refractivity contribution in [2.75, 3.05) is 39.3 Å². The predicted molar refractivity (Wildman–Crippen MR) is 94.0 cm³/mol. The maximum atomic E-state index is 11.4. The Morgan fingerprint density at radius 1 is 1.24 bits per heavy atom. The van der Waals surface area contributed by atoms with Gasteiger partial charge in [0, 0.05) is 19.3 Å². The number of carboxylic acid groups (broad SMARTS) is 1. The third-order valence-corrected chi connectivity index (χ3v) is 4.61. The second-order valence-corrected chi connectivity index (χ2v) is 6.00. The Balaban J connectivity index is 2.17. The molecule has 1 atom stereocenters. The number of nitrogens with zero attached hydrogens (tertiary/aromatic N) is 2. The molecule has 0 aliphatic carbocycles. The van der Waals surface area contributed by atoms with Gasteiger partial charge in [0.1, 0.15) is 5.82 Å². The third kappa shape index (κ3) is 3.01. The van der Waals surface area contributed by atoms with E-state index in [4.69, 9.17) is 14.2 Å². The Labute approximate surface area is 146 Å². The van der Waals surface area contributed by atoms with E-state index in [2.05, 4.69) is 4.98 Å². The highest BCUT2D eigenvalue weighted by molar-refractivity contribution is 6.00. The van der Waals surface area contributed by atoms with E-state index < -0.39 is 11.9 Å². The van der Waals surface area contributed by atoms with Gasteiger partial charge in [0.2, 0.25) is 5.75 Å². The molecule has 1 N–H and O–H groups in total. The minimum atomic E-state index is -0.767. The highest BCUT2D eigenvalue weighted by Crippen LogP contribution is 2.46. The first-order valence-corrected chi connectivity index (χ1v) is 8.16. The molecule has 1 aromatic carbocycles. The molecule has 1 unspecified atom stereocenters. The minimum absolute atomic E-state index is 0.392.